The first-order valence-corrected chi connectivity index (χ1v) is 7.99. The van der Waals surface area contributed by atoms with Gasteiger partial charge in [-0.1, -0.05) is 0 Å². The van der Waals surface area contributed by atoms with Crippen molar-refractivity contribution in [3.63, 3.8) is 0 Å². The van der Waals surface area contributed by atoms with E-state index >= 15 is 0 Å². The van der Waals surface area contributed by atoms with Crippen molar-refractivity contribution in [1.82, 2.24) is 9.97 Å². The van der Waals surface area contributed by atoms with E-state index in [1.807, 2.05) is 0 Å². The maximum atomic E-state index is 13.2. The SMILES string of the molecule is CC1=C(C)C(=O)C(CCCc2nc3ccc(F)cc3[nH]2)=C(C)C1=O. The Labute approximate surface area is 139 Å². The molecule has 1 aromatic carbocycles. The molecular formula is C19H19FN2O2. The van der Waals surface area contributed by atoms with E-state index in [0.717, 1.165) is 11.3 Å². The largest absolute Gasteiger partial charge is 0.342 e. The van der Waals surface area contributed by atoms with Crippen LogP contribution in [0.1, 0.15) is 39.4 Å². The lowest BCUT2D eigenvalue weighted by molar-refractivity contribution is -0.116. The molecule has 0 atom stereocenters. The van der Waals surface area contributed by atoms with E-state index < -0.39 is 0 Å². The van der Waals surface area contributed by atoms with Gasteiger partial charge in [-0.25, -0.2) is 9.37 Å². The van der Waals surface area contributed by atoms with Crippen LogP contribution in [0.4, 0.5) is 4.39 Å². The summed E-state index contributed by atoms with van der Waals surface area (Å²) in [5.41, 5.74) is 3.62. The van der Waals surface area contributed by atoms with Gasteiger partial charge >= 0.3 is 0 Å². The monoisotopic (exact) mass is 326 g/mol. The molecular weight excluding hydrogens is 307 g/mol. The van der Waals surface area contributed by atoms with Crippen molar-refractivity contribution in [3.8, 4) is 0 Å². The zero-order valence-corrected chi connectivity index (χ0v) is 14.0. The Kier molecular flexibility index (Phi) is 4.18. The van der Waals surface area contributed by atoms with Crippen LogP contribution >= 0.6 is 0 Å². The summed E-state index contributed by atoms with van der Waals surface area (Å²) < 4.78 is 13.2. The van der Waals surface area contributed by atoms with Crippen molar-refractivity contribution in [3.05, 3.63) is 52.1 Å². The Morgan fingerprint density at radius 3 is 2.46 bits per heavy atom. The quantitative estimate of drug-likeness (QED) is 0.869. The normalized spacial score (nSPS) is 15.8. The number of Topliss-reactive ketones (excluding diaryl/α,β-unsaturated/α-hetero) is 2. The van der Waals surface area contributed by atoms with Crippen molar-refractivity contribution in [2.45, 2.75) is 40.0 Å². The molecule has 0 fully saturated rings. The zero-order valence-electron chi connectivity index (χ0n) is 14.0. The van der Waals surface area contributed by atoms with Crippen molar-refractivity contribution in [1.29, 1.82) is 0 Å². The fourth-order valence-electron chi connectivity index (χ4n) is 3.04. The second-order valence-electron chi connectivity index (χ2n) is 6.21. The van der Waals surface area contributed by atoms with Crippen LogP contribution < -0.4 is 0 Å². The number of hydrogen-bond donors (Lipinski definition) is 1. The molecule has 24 heavy (non-hydrogen) atoms. The molecule has 1 heterocycles. The lowest BCUT2D eigenvalue weighted by Crippen LogP contribution is -2.20. The number of halogens is 1. The molecule has 3 rings (SSSR count). The number of rotatable bonds is 4. The number of ketones is 2. The third-order valence-corrected chi connectivity index (χ3v) is 4.64. The third kappa shape index (κ3) is 2.82. The molecule has 4 nitrogen and oxygen atoms in total. The highest BCUT2D eigenvalue weighted by Crippen LogP contribution is 2.27. The van der Waals surface area contributed by atoms with E-state index in [4.69, 9.17) is 0 Å². The van der Waals surface area contributed by atoms with Gasteiger partial charge in [-0.15, -0.1) is 0 Å². The molecule has 0 bridgehead atoms. The number of nitrogens with zero attached hydrogens (tertiary/aromatic N) is 1. The minimum absolute atomic E-state index is 0.0312. The van der Waals surface area contributed by atoms with Gasteiger partial charge in [0.2, 0.25) is 0 Å². The predicted molar refractivity (Wildman–Crippen MR) is 90.1 cm³/mol. The Balaban J connectivity index is 1.71. The van der Waals surface area contributed by atoms with Gasteiger partial charge < -0.3 is 4.98 Å². The number of aryl methyl sites for hydroxylation is 1. The minimum Gasteiger partial charge on any atom is -0.342 e. The average Bonchev–Trinajstić information content (AvgIpc) is 2.96. The summed E-state index contributed by atoms with van der Waals surface area (Å²) in [5.74, 6) is 0.381. The summed E-state index contributed by atoms with van der Waals surface area (Å²) in [6.45, 7) is 5.12. The number of hydrogen-bond acceptors (Lipinski definition) is 3. The van der Waals surface area contributed by atoms with Crippen LogP contribution in [0.25, 0.3) is 11.0 Å². The van der Waals surface area contributed by atoms with E-state index in [-0.39, 0.29) is 17.4 Å². The number of fused-ring (bicyclic) bond motifs is 1. The van der Waals surface area contributed by atoms with E-state index in [9.17, 15) is 14.0 Å². The molecule has 0 radical (unpaired) electrons. The predicted octanol–water partition coefficient (Wildman–Crippen LogP) is 3.83. The fourth-order valence-corrected chi connectivity index (χ4v) is 3.04. The number of benzene rings is 1. The first kappa shape index (κ1) is 16.3. The fraction of sp³-hybridized carbons (Fsp3) is 0.316. The van der Waals surface area contributed by atoms with Crippen LogP contribution in [-0.4, -0.2) is 21.5 Å². The molecule has 0 unspecified atom stereocenters. The standard InChI is InChI=1S/C19H19FN2O2/c1-10-11(2)19(24)14(12(3)18(10)23)5-4-6-17-21-15-8-7-13(20)9-16(15)22-17/h7-9H,4-6H2,1-3H3,(H,21,22). The lowest BCUT2D eigenvalue weighted by Gasteiger charge is -2.18. The smallest absolute Gasteiger partial charge is 0.185 e. The highest BCUT2D eigenvalue weighted by atomic mass is 19.1. The van der Waals surface area contributed by atoms with Crippen molar-refractivity contribution >= 4 is 22.6 Å². The van der Waals surface area contributed by atoms with Crippen LogP contribution in [0.5, 0.6) is 0 Å². The van der Waals surface area contributed by atoms with Crippen molar-refractivity contribution < 1.29 is 14.0 Å². The van der Waals surface area contributed by atoms with Gasteiger partial charge in [-0.05, 0) is 51.8 Å². The highest BCUT2D eigenvalue weighted by Gasteiger charge is 2.27. The Morgan fingerprint density at radius 1 is 1.00 bits per heavy atom. The molecule has 0 aliphatic heterocycles. The molecule has 1 aromatic heterocycles. The molecule has 2 aromatic rings. The topological polar surface area (TPSA) is 62.8 Å². The number of nitrogens with one attached hydrogen (secondary N) is 1. The minimum atomic E-state index is -0.303. The van der Waals surface area contributed by atoms with Crippen LogP contribution in [-0.2, 0) is 16.0 Å². The molecule has 124 valence electrons. The number of aromatic nitrogens is 2. The first-order chi connectivity index (χ1) is 11.4. The van der Waals surface area contributed by atoms with Gasteiger partial charge in [-0.3, -0.25) is 9.59 Å². The molecule has 0 saturated carbocycles. The van der Waals surface area contributed by atoms with E-state index in [1.54, 1.807) is 26.8 Å². The maximum Gasteiger partial charge on any atom is 0.185 e. The summed E-state index contributed by atoms with van der Waals surface area (Å²) in [7, 11) is 0. The van der Waals surface area contributed by atoms with Gasteiger partial charge in [0, 0.05) is 28.7 Å². The second kappa shape index (κ2) is 6.15. The van der Waals surface area contributed by atoms with Gasteiger partial charge in [0.25, 0.3) is 0 Å². The van der Waals surface area contributed by atoms with E-state index in [0.29, 0.717) is 47.1 Å². The number of carbonyl (C=O) groups is 2. The second-order valence-corrected chi connectivity index (χ2v) is 6.21. The molecule has 0 spiro atoms. The van der Waals surface area contributed by atoms with Crippen LogP contribution in [0, 0.1) is 5.82 Å². The maximum absolute atomic E-state index is 13.2. The first-order valence-electron chi connectivity index (χ1n) is 7.99. The van der Waals surface area contributed by atoms with Crippen molar-refractivity contribution in [2.75, 3.05) is 0 Å². The average molecular weight is 326 g/mol. The van der Waals surface area contributed by atoms with E-state index in [2.05, 4.69) is 9.97 Å². The van der Waals surface area contributed by atoms with Crippen molar-refractivity contribution in [2.24, 2.45) is 0 Å². The number of allylic oxidation sites excluding steroid dienone is 4. The Morgan fingerprint density at radius 2 is 1.71 bits per heavy atom. The Bertz CT molecular complexity index is 919. The highest BCUT2D eigenvalue weighted by molar-refractivity contribution is 6.24. The van der Waals surface area contributed by atoms with Crippen LogP contribution in [0.15, 0.2) is 40.5 Å². The Hall–Kier alpha value is -2.56. The van der Waals surface area contributed by atoms with Crippen LogP contribution in [0.2, 0.25) is 0 Å². The molecule has 0 amide bonds. The summed E-state index contributed by atoms with van der Waals surface area (Å²) in [4.78, 5) is 32.0. The lowest BCUT2D eigenvalue weighted by atomic mass is 9.84. The molecule has 1 N–H and O–H groups in total. The third-order valence-electron chi connectivity index (χ3n) is 4.64. The molecule has 5 heteroatoms. The number of aromatic amines is 1. The number of H-pyrrole nitrogens is 1. The summed E-state index contributed by atoms with van der Waals surface area (Å²) in [6, 6.07) is 4.43. The molecule has 1 aliphatic rings. The summed E-state index contributed by atoms with van der Waals surface area (Å²) in [6.07, 6.45) is 1.86. The van der Waals surface area contributed by atoms with Gasteiger partial charge in [0.15, 0.2) is 11.6 Å². The van der Waals surface area contributed by atoms with E-state index in [1.165, 1.54) is 12.1 Å². The van der Waals surface area contributed by atoms with Gasteiger partial charge in [0.05, 0.1) is 11.0 Å². The number of carbonyl (C=O) groups excluding carboxylic acids is 2. The van der Waals surface area contributed by atoms with Crippen LogP contribution in [0.3, 0.4) is 0 Å². The molecule has 1 aliphatic carbocycles. The van der Waals surface area contributed by atoms with Gasteiger partial charge in [-0.2, -0.15) is 0 Å². The molecule has 0 saturated heterocycles. The summed E-state index contributed by atoms with van der Waals surface area (Å²) in [5, 5.41) is 0. The number of imidazole rings is 1. The summed E-state index contributed by atoms with van der Waals surface area (Å²) >= 11 is 0. The zero-order chi connectivity index (χ0) is 17.4. The van der Waals surface area contributed by atoms with Gasteiger partial charge in [0.1, 0.15) is 11.6 Å².